The number of hydrogen-bond donors (Lipinski definition) is 0. The maximum Gasteiger partial charge on any atom is 0.550 e. The van der Waals surface area contributed by atoms with Crippen molar-refractivity contribution in [3.8, 4) is 0 Å². The first-order chi connectivity index (χ1) is 4.66. The Bertz CT molecular complexity index is 138. The first-order valence-corrected chi connectivity index (χ1v) is 3.16. The van der Waals surface area contributed by atoms with Crippen LogP contribution >= 0.6 is 0 Å². The van der Waals surface area contributed by atoms with Gasteiger partial charge in [0.25, 0.3) is 0 Å². The molecule has 0 aromatic rings. The summed E-state index contributed by atoms with van der Waals surface area (Å²) in [6.45, 7) is 3.91. The summed E-state index contributed by atoms with van der Waals surface area (Å²) in [5.41, 5.74) is 0.909. The van der Waals surface area contributed by atoms with Crippen molar-refractivity contribution in [1.29, 1.82) is 0 Å². The SMILES string of the molecule is CCC=C(C)COC([O])=O. The second-order valence-electron chi connectivity index (χ2n) is 2.00. The monoisotopic (exact) mass is 143 g/mol. The lowest BCUT2D eigenvalue weighted by atomic mass is 10.3. The van der Waals surface area contributed by atoms with Crippen molar-refractivity contribution < 1.29 is 14.6 Å². The Labute approximate surface area is 60.3 Å². The minimum absolute atomic E-state index is 0.121. The Morgan fingerprint density at radius 1 is 1.60 bits per heavy atom. The van der Waals surface area contributed by atoms with E-state index in [1.807, 2.05) is 19.9 Å². The number of carbonyl (C=O) groups is 1. The van der Waals surface area contributed by atoms with E-state index in [1.54, 1.807) is 0 Å². The molecule has 1 radical (unpaired) electrons. The van der Waals surface area contributed by atoms with E-state index in [4.69, 9.17) is 0 Å². The fourth-order valence-corrected chi connectivity index (χ4v) is 0.580. The van der Waals surface area contributed by atoms with Gasteiger partial charge < -0.3 is 4.74 Å². The average Bonchev–Trinajstić information content (AvgIpc) is 1.85. The van der Waals surface area contributed by atoms with Gasteiger partial charge in [0.15, 0.2) is 0 Å². The van der Waals surface area contributed by atoms with E-state index in [9.17, 15) is 9.90 Å². The summed E-state index contributed by atoms with van der Waals surface area (Å²) in [5.74, 6) is 0. The molecule has 0 aromatic heterocycles. The van der Waals surface area contributed by atoms with Gasteiger partial charge in [-0.25, -0.2) is 0 Å². The number of allylic oxidation sites excluding steroid dienone is 1. The van der Waals surface area contributed by atoms with E-state index in [0.29, 0.717) is 0 Å². The summed E-state index contributed by atoms with van der Waals surface area (Å²) >= 11 is 0. The van der Waals surface area contributed by atoms with Crippen LogP contribution < -0.4 is 0 Å². The first-order valence-electron chi connectivity index (χ1n) is 3.16. The lowest BCUT2D eigenvalue weighted by molar-refractivity contribution is 0.0749. The van der Waals surface area contributed by atoms with Gasteiger partial charge in [0.2, 0.25) is 0 Å². The molecule has 3 heteroatoms. The van der Waals surface area contributed by atoms with Gasteiger partial charge in [0, 0.05) is 0 Å². The molecule has 0 N–H and O–H groups in total. The molecule has 0 aliphatic carbocycles. The molecule has 0 saturated carbocycles. The second kappa shape index (κ2) is 4.85. The van der Waals surface area contributed by atoms with Crippen molar-refractivity contribution >= 4 is 6.16 Å². The molecule has 0 bridgehead atoms. The zero-order valence-corrected chi connectivity index (χ0v) is 6.22. The van der Waals surface area contributed by atoms with Gasteiger partial charge in [0.05, 0.1) is 0 Å². The van der Waals surface area contributed by atoms with Crippen LogP contribution in [0.15, 0.2) is 11.6 Å². The van der Waals surface area contributed by atoms with Crippen LogP contribution in [0.25, 0.3) is 0 Å². The Hall–Kier alpha value is -0.990. The third-order valence-electron chi connectivity index (χ3n) is 0.970. The molecule has 10 heavy (non-hydrogen) atoms. The summed E-state index contributed by atoms with van der Waals surface area (Å²) in [4.78, 5) is 9.75. The highest BCUT2D eigenvalue weighted by Crippen LogP contribution is 1.95. The van der Waals surface area contributed by atoms with E-state index in [2.05, 4.69) is 4.74 Å². The van der Waals surface area contributed by atoms with Gasteiger partial charge in [-0.05, 0) is 18.9 Å². The van der Waals surface area contributed by atoms with Gasteiger partial charge >= 0.3 is 6.16 Å². The van der Waals surface area contributed by atoms with Crippen molar-refractivity contribution in [1.82, 2.24) is 0 Å². The summed E-state index contributed by atoms with van der Waals surface area (Å²) in [5, 5.41) is 9.75. The Kier molecular flexibility index (Phi) is 4.37. The van der Waals surface area contributed by atoms with Gasteiger partial charge in [-0.1, -0.05) is 13.0 Å². The van der Waals surface area contributed by atoms with Gasteiger partial charge in [0.1, 0.15) is 6.61 Å². The van der Waals surface area contributed by atoms with Crippen LogP contribution in [0, 0.1) is 0 Å². The molecular formula is C7H11O3. The Morgan fingerprint density at radius 3 is 2.60 bits per heavy atom. The zero-order valence-electron chi connectivity index (χ0n) is 6.22. The molecule has 0 amide bonds. The van der Waals surface area contributed by atoms with Crippen molar-refractivity contribution in [3.63, 3.8) is 0 Å². The summed E-state index contributed by atoms with van der Waals surface area (Å²) in [7, 11) is 0. The van der Waals surface area contributed by atoms with E-state index in [-0.39, 0.29) is 6.61 Å². The smallest absolute Gasteiger partial charge is 0.427 e. The minimum atomic E-state index is -1.47. The van der Waals surface area contributed by atoms with Crippen LogP contribution in [0.4, 0.5) is 4.79 Å². The van der Waals surface area contributed by atoms with Crippen LogP contribution in [0.5, 0.6) is 0 Å². The van der Waals surface area contributed by atoms with Crippen LogP contribution in [0.2, 0.25) is 0 Å². The highest BCUT2D eigenvalue weighted by Gasteiger charge is 1.97. The molecule has 0 unspecified atom stereocenters. The number of rotatable bonds is 3. The lowest BCUT2D eigenvalue weighted by Crippen LogP contribution is -2.00. The Balaban J connectivity index is 3.48. The predicted molar refractivity (Wildman–Crippen MR) is 36.1 cm³/mol. The highest BCUT2D eigenvalue weighted by molar-refractivity contribution is 5.56. The van der Waals surface area contributed by atoms with Gasteiger partial charge in [-0.2, -0.15) is 9.90 Å². The standard InChI is InChI=1S/C7H11O3/c1-3-4-6(2)5-10-7(8)9/h4H,3,5H2,1-2H3. The average molecular weight is 143 g/mol. The topological polar surface area (TPSA) is 46.2 Å². The molecule has 0 rings (SSSR count). The van der Waals surface area contributed by atoms with Crippen molar-refractivity contribution in [2.24, 2.45) is 0 Å². The molecule has 57 valence electrons. The van der Waals surface area contributed by atoms with Crippen molar-refractivity contribution in [2.45, 2.75) is 20.3 Å². The molecule has 0 aliphatic rings. The van der Waals surface area contributed by atoms with Crippen LogP contribution in [-0.4, -0.2) is 12.8 Å². The first kappa shape index (κ1) is 9.01. The molecular weight excluding hydrogens is 132 g/mol. The molecule has 0 saturated heterocycles. The van der Waals surface area contributed by atoms with E-state index >= 15 is 0 Å². The Morgan fingerprint density at radius 2 is 2.20 bits per heavy atom. The van der Waals surface area contributed by atoms with Crippen LogP contribution in [-0.2, 0) is 9.84 Å². The summed E-state index contributed by atoms with van der Waals surface area (Å²) in [6.07, 6.45) is 1.33. The van der Waals surface area contributed by atoms with Crippen molar-refractivity contribution in [3.05, 3.63) is 11.6 Å². The van der Waals surface area contributed by atoms with E-state index in [0.717, 1.165) is 12.0 Å². The van der Waals surface area contributed by atoms with Crippen LogP contribution in [0.1, 0.15) is 20.3 Å². The van der Waals surface area contributed by atoms with Crippen molar-refractivity contribution in [2.75, 3.05) is 6.61 Å². The molecule has 0 atom stereocenters. The fourth-order valence-electron chi connectivity index (χ4n) is 0.580. The van der Waals surface area contributed by atoms with Crippen LogP contribution in [0.3, 0.4) is 0 Å². The largest absolute Gasteiger partial charge is 0.550 e. The molecule has 0 aliphatic heterocycles. The summed E-state index contributed by atoms with van der Waals surface area (Å²) in [6, 6.07) is 0. The number of ether oxygens (including phenoxy) is 1. The maximum atomic E-state index is 9.75. The fraction of sp³-hybridized carbons (Fsp3) is 0.571. The van der Waals surface area contributed by atoms with E-state index in [1.165, 1.54) is 0 Å². The third kappa shape index (κ3) is 5.15. The normalized spacial score (nSPS) is 11.2. The molecule has 0 aromatic carbocycles. The maximum absolute atomic E-state index is 9.75. The molecule has 0 fully saturated rings. The van der Waals surface area contributed by atoms with Gasteiger partial charge in [-0.15, -0.1) is 0 Å². The second-order valence-corrected chi connectivity index (χ2v) is 2.00. The number of carbonyl (C=O) groups excluding carboxylic acids is 1. The summed E-state index contributed by atoms with van der Waals surface area (Å²) < 4.78 is 4.19. The molecule has 3 nitrogen and oxygen atoms in total. The molecule has 0 spiro atoms. The lowest BCUT2D eigenvalue weighted by Gasteiger charge is -1.97. The predicted octanol–water partition coefficient (Wildman–Crippen LogP) is 1.91. The third-order valence-corrected chi connectivity index (χ3v) is 0.970. The molecule has 0 heterocycles. The van der Waals surface area contributed by atoms with E-state index < -0.39 is 6.16 Å². The minimum Gasteiger partial charge on any atom is -0.427 e. The highest BCUT2D eigenvalue weighted by atomic mass is 16.7. The van der Waals surface area contributed by atoms with Gasteiger partial charge in [-0.3, -0.25) is 0 Å². The number of hydrogen-bond acceptors (Lipinski definition) is 2. The zero-order chi connectivity index (χ0) is 7.98. The quantitative estimate of drug-likeness (QED) is 0.447.